The summed E-state index contributed by atoms with van der Waals surface area (Å²) >= 11 is 0. The zero-order valence-corrected chi connectivity index (χ0v) is 16.3. The van der Waals surface area contributed by atoms with Crippen molar-refractivity contribution < 1.29 is 28.5 Å². The Morgan fingerprint density at radius 2 is 1.41 bits per heavy atom. The highest BCUT2D eigenvalue weighted by Gasteiger charge is 2.17. The number of carbonyl (C=O) groups excluding carboxylic acids is 1. The third kappa shape index (κ3) is 4.75. The Hall–Kier alpha value is -3.09. The van der Waals surface area contributed by atoms with Crippen LogP contribution in [0, 0.1) is 0 Å². The van der Waals surface area contributed by atoms with Crippen molar-refractivity contribution in [2.24, 2.45) is 0 Å². The van der Waals surface area contributed by atoms with E-state index >= 15 is 0 Å². The lowest BCUT2D eigenvalue weighted by Gasteiger charge is -2.15. The molecule has 0 fully saturated rings. The fourth-order valence-electron chi connectivity index (χ4n) is 2.73. The van der Waals surface area contributed by atoms with Crippen molar-refractivity contribution in [2.75, 3.05) is 35.5 Å². The third-order valence-electron chi connectivity index (χ3n) is 4.07. The number of methoxy groups -OCH3 is 5. The smallest absolute Gasteiger partial charge is 0.224 e. The van der Waals surface area contributed by atoms with Gasteiger partial charge in [0.15, 0.2) is 23.0 Å². The maximum Gasteiger partial charge on any atom is 0.224 e. The molecule has 2 aromatic rings. The maximum atomic E-state index is 12.4. The van der Waals surface area contributed by atoms with Crippen LogP contribution in [0.5, 0.6) is 28.7 Å². The van der Waals surface area contributed by atoms with Gasteiger partial charge in [-0.3, -0.25) is 4.79 Å². The van der Waals surface area contributed by atoms with E-state index in [1.807, 2.05) is 12.1 Å². The monoisotopic (exact) mass is 375 g/mol. The molecule has 0 saturated carbocycles. The van der Waals surface area contributed by atoms with Gasteiger partial charge in [0.1, 0.15) is 0 Å². The van der Waals surface area contributed by atoms with Gasteiger partial charge in [0.2, 0.25) is 11.7 Å². The number of benzene rings is 2. The van der Waals surface area contributed by atoms with Gasteiger partial charge in [-0.25, -0.2) is 0 Å². The number of rotatable bonds is 9. The van der Waals surface area contributed by atoms with Gasteiger partial charge < -0.3 is 29.0 Å². The number of amides is 1. The molecule has 2 aromatic carbocycles. The summed E-state index contributed by atoms with van der Waals surface area (Å²) in [5, 5.41) is 2.89. The third-order valence-corrected chi connectivity index (χ3v) is 4.07. The van der Waals surface area contributed by atoms with E-state index in [1.165, 1.54) is 14.2 Å². The summed E-state index contributed by atoms with van der Waals surface area (Å²) in [5.74, 6) is 2.61. The van der Waals surface area contributed by atoms with E-state index in [-0.39, 0.29) is 12.3 Å². The average Bonchev–Trinajstić information content (AvgIpc) is 2.71. The minimum atomic E-state index is -0.143. The molecule has 0 aromatic heterocycles. The first kappa shape index (κ1) is 20.2. The van der Waals surface area contributed by atoms with Crippen LogP contribution in [0.15, 0.2) is 30.3 Å². The van der Waals surface area contributed by atoms with Crippen LogP contribution < -0.4 is 29.0 Å². The molecular weight excluding hydrogens is 350 g/mol. The minimum absolute atomic E-state index is 0.143. The van der Waals surface area contributed by atoms with Crippen molar-refractivity contribution in [2.45, 2.75) is 13.0 Å². The van der Waals surface area contributed by atoms with E-state index in [0.717, 1.165) is 5.56 Å². The molecule has 0 radical (unpaired) electrons. The lowest BCUT2D eigenvalue weighted by molar-refractivity contribution is -0.120. The van der Waals surface area contributed by atoms with Crippen molar-refractivity contribution >= 4 is 5.91 Å². The molecular formula is C20H25NO6. The maximum absolute atomic E-state index is 12.4. The highest BCUT2D eigenvalue weighted by Crippen LogP contribution is 2.39. The van der Waals surface area contributed by atoms with Crippen LogP contribution in [0.2, 0.25) is 0 Å². The fourth-order valence-corrected chi connectivity index (χ4v) is 2.73. The molecule has 0 atom stereocenters. The lowest BCUT2D eigenvalue weighted by atomic mass is 10.1. The van der Waals surface area contributed by atoms with Gasteiger partial charge in [0.25, 0.3) is 0 Å². The highest BCUT2D eigenvalue weighted by atomic mass is 16.5. The summed E-state index contributed by atoms with van der Waals surface area (Å²) in [6.45, 7) is 0.370. The van der Waals surface area contributed by atoms with E-state index in [9.17, 15) is 4.79 Å². The lowest BCUT2D eigenvalue weighted by Crippen LogP contribution is -2.24. The predicted octanol–water partition coefficient (Wildman–Crippen LogP) is 2.59. The summed E-state index contributed by atoms with van der Waals surface area (Å²) in [6.07, 6.45) is 0.150. The van der Waals surface area contributed by atoms with Crippen molar-refractivity contribution in [3.63, 3.8) is 0 Å². The van der Waals surface area contributed by atoms with Crippen LogP contribution in [0.3, 0.4) is 0 Å². The van der Waals surface area contributed by atoms with E-state index < -0.39 is 0 Å². The molecule has 7 nitrogen and oxygen atoms in total. The SMILES string of the molecule is COc1ccc(CNC(=O)Cc2ccc(OC)c(OC)c2OC)cc1OC. The van der Waals surface area contributed by atoms with E-state index in [0.29, 0.717) is 40.9 Å². The van der Waals surface area contributed by atoms with Gasteiger partial charge in [0, 0.05) is 12.1 Å². The molecule has 146 valence electrons. The zero-order chi connectivity index (χ0) is 19.8. The fraction of sp³-hybridized carbons (Fsp3) is 0.350. The first-order valence-corrected chi connectivity index (χ1v) is 8.33. The quantitative estimate of drug-likeness (QED) is 0.726. The molecule has 0 bridgehead atoms. The van der Waals surface area contributed by atoms with Gasteiger partial charge in [-0.1, -0.05) is 12.1 Å². The molecule has 0 aliphatic rings. The molecule has 0 spiro atoms. The van der Waals surface area contributed by atoms with E-state index in [2.05, 4.69) is 5.32 Å². The summed E-state index contributed by atoms with van der Waals surface area (Å²) in [6, 6.07) is 9.04. The molecule has 1 amide bonds. The van der Waals surface area contributed by atoms with Crippen molar-refractivity contribution in [3.8, 4) is 28.7 Å². The number of hydrogen-bond acceptors (Lipinski definition) is 6. The standard InChI is InChI=1S/C20H25NO6/c1-23-15-8-6-13(10-17(15)25-3)12-21-18(22)11-14-7-9-16(24-2)20(27-5)19(14)26-4/h6-10H,11-12H2,1-5H3,(H,21,22). The Bertz CT molecular complexity index is 790. The van der Waals surface area contributed by atoms with E-state index in [1.54, 1.807) is 39.5 Å². The van der Waals surface area contributed by atoms with Gasteiger partial charge >= 0.3 is 0 Å². The van der Waals surface area contributed by atoms with E-state index in [4.69, 9.17) is 23.7 Å². The number of ether oxygens (including phenoxy) is 5. The average molecular weight is 375 g/mol. The van der Waals surface area contributed by atoms with Crippen molar-refractivity contribution in [1.82, 2.24) is 5.32 Å². The largest absolute Gasteiger partial charge is 0.493 e. The van der Waals surface area contributed by atoms with Crippen LogP contribution in [0.25, 0.3) is 0 Å². The van der Waals surface area contributed by atoms with Gasteiger partial charge in [0.05, 0.1) is 42.0 Å². The molecule has 0 heterocycles. The second-order valence-electron chi connectivity index (χ2n) is 5.64. The predicted molar refractivity (Wildman–Crippen MR) is 101 cm³/mol. The Kier molecular flexibility index (Phi) is 7.16. The number of hydrogen-bond donors (Lipinski definition) is 1. The molecule has 0 aliphatic heterocycles. The molecule has 27 heavy (non-hydrogen) atoms. The van der Waals surface area contributed by atoms with Crippen LogP contribution in [0.4, 0.5) is 0 Å². The van der Waals surface area contributed by atoms with Gasteiger partial charge in [-0.2, -0.15) is 0 Å². The van der Waals surface area contributed by atoms with Crippen LogP contribution in [-0.4, -0.2) is 41.5 Å². The second kappa shape index (κ2) is 9.56. The molecule has 7 heteroatoms. The topological polar surface area (TPSA) is 75.3 Å². The summed E-state index contributed by atoms with van der Waals surface area (Å²) < 4.78 is 26.5. The molecule has 1 N–H and O–H groups in total. The summed E-state index contributed by atoms with van der Waals surface area (Å²) in [4.78, 5) is 12.4. The van der Waals surface area contributed by atoms with Crippen molar-refractivity contribution in [3.05, 3.63) is 41.5 Å². The minimum Gasteiger partial charge on any atom is -0.493 e. The van der Waals surface area contributed by atoms with Crippen LogP contribution in [-0.2, 0) is 17.8 Å². The van der Waals surface area contributed by atoms with Crippen LogP contribution in [0.1, 0.15) is 11.1 Å². The zero-order valence-electron chi connectivity index (χ0n) is 16.3. The van der Waals surface area contributed by atoms with Crippen molar-refractivity contribution in [1.29, 1.82) is 0 Å². The Morgan fingerprint density at radius 3 is 2.00 bits per heavy atom. The molecule has 0 unspecified atom stereocenters. The van der Waals surface area contributed by atoms with Crippen LogP contribution >= 0.6 is 0 Å². The first-order valence-electron chi connectivity index (χ1n) is 8.33. The molecule has 0 aliphatic carbocycles. The first-order chi connectivity index (χ1) is 13.1. The second-order valence-corrected chi connectivity index (χ2v) is 5.64. The summed E-state index contributed by atoms with van der Waals surface area (Å²) in [7, 11) is 7.76. The Balaban J connectivity index is 2.08. The number of nitrogens with one attached hydrogen (secondary N) is 1. The summed E-state index contributed by atoms with van der Waals surface area (Å²) in [5.41, 5.74) is 1.61. The molecule has 0 saturated heterocycles. The Labute approximate surface area is 159 Å². The van der Waals surface area contributed by atoms with Gasteiger partial charge in [-0.15, -0.1) is 0 Å². The Morgan fingerprint density at radius 1 is 0.778 bits per heavy atom. The number of carbonyl (C=O) groups is 1. The highest BCUT2D eigenvalue weighted by molar-refractivity contribution is 5.80. The van der Waals surface area contributed by atoms with Gasteiger partial charge in [-0.05, 0) is 23.8 Å². The normalized spacial score (nSPS) is 10.1. The molecule has 2 rings (SSSR count).